The molecule has 0 aliphatic carbocycles. The number of hydrogen-bond donors (Lipinski definition) is 1. The van der Waals surface area contributed by atoms with Crippen molar-refractivity contribution < 1.29 is 0 Å². The van der Waals surface area contributed by atoms with Crippen molar-refractivity contribution in [1.29, 1.82) is 0 Å². The van der Waals surface area contributed by atoms with Crippen molar-refractivity contribution in [1.82, 2.24) is 13.7 Å². The summed E-state index contributed by atoms with van der Waals surface area (Å²) in [5, 5.41) is 11.1. The van der Waals surface area contributed by atoms with Crippen molar-refractivity contribution in [3.8, 4) is 39.3 Å². The van der Waals surface area contributed by atoms with Crippen molar-refractivity contribution in [3.05, 3.63) is 236 Å². The van der Waals surface area contributed by atoms with Gasteiger partial charge < -0.3 is 19.0 Å². The van der Waals surface area contributed by atoms with Crippen LogP contribution in [0.2, 0.25) is 0 Å². The molecule has 0 radical (unpaired) electrons. The number of allylic oxidation sites excluding steroid dienone is 4. The lowest BCUT2D eigenvalue weighted by atomic mass is 9.96. The first-order chi connectivity index (χ1) is 31.8. The summed E-state index contributed by atoms with van der Waals surface area (Å²) in [6, 6.07) is 73.2. The summed E-state index contributed by atoms with van der Waals surface area (Å²) >= 11 is 0. The van der Waals surface area contributed by atoms with Crippen molar-refractivity contribution in [3.63, 3.8) is 0 Å². The number of benzene rings is 9. The van der Waals surface area contributed by atoms with Crippen molar-refractivity contribution in [2.45, 2.75) is 0 Å². The second-order valence-electron chi connectivity index (χ2n) is 16.6. The van der Waals surface area contributed by atoms with Gasteiger partial charge >= 0.3 is 0 Å². The van der Waals surface area contributed by atoms with Gasteiger partial charge in [0, 0.05) is 61.1 Å². The predicted molar refractivity (Wildman–Crippen MR) is 271 cm³/mol. The summed E-state index contributed by atoms with van der Waals surface area (Å²) in [5.41, 5.74) is 17.4. The van der Waals surface area contributed by atoms with Crippen molar-refractivity contribution in [2.24, 2.45) is 0 Å². The van der Waals surface area contributed by atoms with Gasteiger partial charge in [0.05, 0.1) is 38.8 Å². The largest absolute Gasteiger partial charge is 0.359 e. The van der Waals surface area contributed by atoms with Crippen LogP contribution in [0, 0.1) is 0 Å². The van der Waals surface area contributed by atoms with Crippen LogP contribution in [0.25, 0.3) is 111 Å². The number of fused-ring (bicyclic) bond motifs is 13. The highest BCUT2D eigenvalue weighted by Gasteiger charge is 2.22. The summed E-state index contributed by atoms with van der Waals surface area (Å²) in [4.78, 5) is 0. The topological polar surface area (TPSA) is 26.8 Å². The van der Waals surface area contributed by atoms with E-state index in [1.54, 1.807) is 0 Å². The molecule has 64 heavy (non-hydrogen) atoms. The molecule has 0 bridgehead atoms. The number of nitrogens with one attached hydrogen (secondary N) is 1. The smallest absolute Gasteiger partial charge is 0.0783 e. The van der Waals surface area contributed by atoms with E-state index in [1.807, 2.05) is 6.20 Å². The third-order valence-electron chi connectivity index (χ3n) is 13.0. The SMILES string of the molecule is C1=C\C=C\Nc2c(ccc3c4ccccc4n(-c4cccc(-c5cccc(-n6c7ccccc7c7cc8c(cc76)c6ccccc6n8-c6ccccc6)c5)c4)c23)-c2ccccc2\C=C/1. The molecule has 0 amide bonds. The van der Waals surface area contributed by atoms with Crippen LogP contribution in [0.1, 0.15) is 5.56 Å². The van der Waals surface area contributed by atoms with Crippen LogP contribution in [-0.2, 0) is 0 Å². The molecule has 1 N–H and O–H groups in total. The Labute approximate surface area is 370 Å². The normalized spacial score (nSPS) is 14.1. The Morgan fingerprint density at radius 1 is 0.312 bits per heavy atom. The zero-order valence-electron chi connectivity index (χ0n) is 34.9. The van der Waals surface area contributed by atoms with Gasteiger partial charge in [-0.3, -0.25) is 0 Å². The molecular weight excluding hydrogens is 777 g/mol. The summed E-state index contributed by atoms with van der Waals surface area (Å²) in [7, 11) is 0. The maximum atomic E-state index is 3.76. The maximum absolute atomic E-state index is 3.76. The Bertz CT molecular complexity index is 3930. The average Bonchev–Trinajstić information content (AvgIpc) is 3.98. The minimum absolute atomic E-state index is 1.07. The van der Waals surface area contributed by atoms with Gasteiger partial charge in [0.25, 0.3) is 0 Å². The first-order valence-corrected chi connectivity index (χ1v) is 21.9. The molecule has 12 aromatic rings. The lowest BCUT2D eigenvalue weighted by Gasteiger charge is -2.17. The summed E-state index contributed by atoms with van der Waals surface area (Å²) in [6.45, 7) is 0. The van der Waals surface area contributed by atoms with Crippen LogP contribution in [-0.4, -0.2) is 13.7 Å². The van der Waals surface area contributed by atoms with E-state index in [2.05, 4.69) is 250 Å². The van der Waals surface area contributed by atoms with E-state index >= 15 is 0 Å². The van der Waals surface area contributed by atoms with E-state index in [0.717, 1.165) is 50.5 Å². The maximum Gasteiger partial charge on any atom is 0.0783 e. The van der Waals surface area contributed by atoms with E-state index < -0.39 is 0 Å². The molecule has 300 valence electrons. The predicted octanol–water partition coefficient (Wildman–Crippen LogP) is 15.8. The quantitative estimate of drug-likeness (QED) is 0.188. The Hall–Kier alpha value is -8.60. The third kappa shape index (κ3) is 5.56. The fourth-order valence-electron chi connectivity index (χ4n) is 10.3. The number of hydrogen-bond acceptors (Lipinski definition) is 1. The molecular formula is C60H40N4. The van der Waals surface area contributed by atoms with Gasteiger partial charge in [-0.2, -0.15) is 0 Å². The van der Waals surface area contributed by atoms with Gasteiger partial charge in [0.15, 0.2) is 0 Å². The molecule has 0 unspecified atom stereocenters. The van der Waals surface area contributed by atoms with Gasteiger partial charge in [0.1, 0.15) is 0 Å². The zero-order valence-corrected chi connectivity index (χ0v) is 34.9. The minimum atomic E-state index is 1.07. The molecule has 0 fully saturated rings. The molecule has 4 heteroatoms. The van der Waals surface area contributed by atoms with Gasteiger partial charge in [-0.05, 0) is 95.1 Å². The molecule has 3 aromatic heterocycles. The highest BCUT2D eigenvalue weighted by atomic mass is 15.0. The van der Waals surface area contributed by atoms with Crippen molar-refractivity contribution >= 4 is 77.2 Å². The van der Waals surface area contributed by atoms with E-state index in [4.69, 9.17) is 0 Å². The molecule has 1 aliphatic rings. The number of anilines is 1. The summed E-state index contributed by atoms with van der Waals surface area (Å²) in [6.07, 6.45) is 12.5. The van der Waals surface area contributed by atoms with Crippen molar-refractivity contribution in [2.75, 3.05) is 5.32 Å². The van der Waals surface area contributed by atoms with E-state index in [-0.39, 0.29) is 0 Å². The van der Waals surface area contributed by atoms with Crippen LogP contribution in [0.4, 0.5) is 5.69 Å². The molecule has 9 aromatic carbocycles. The number of rotatable bonds is 4. The summed E-state index contributed by atoms with van der Waals surface area (Å²) in [5.74, 6) is 0. The van der Waals surface area contributed by atoms with E-state index in [9.17, 15) is 0 Å². The molecule has 1 aliphatic heterocycles. The van der Waals surface area contributed by atoms with Crippen LogP contribution < -0.4 is 5.32 Å². The number of para-hydroxylation sites is 4. The van der Waals surface area contributed by atoms with Gasteiger partial charge in [-0.25, -0.2) is 0 Å². The second kappa shape index (κ2) is 14.5. The molecule has 4 nitrogen and oxygen atoms in total. The standard InChI is InChI=1S/C60H40N4/c1-2-15-35-61-59-50(46-26-8-7-19-40(46)18-4-1)33-34-51-47-27-9-14-32-56(47)64(60(51)59)45-25-17-21-42(37-45)41-20-16-24-44(36-41)63-55-31-13-11-29-49(55)53-38-57-52(39-58(53)63)48-28-10-12-30-54(48)62(57)43-22-5-3-6-23-43/h1-39,61H/b2-1-,18-4-,35-15+. The molecule has 13 rings (SSSR count). The number of aromatic nitrogens is 3. The minimum Gasteiger partial charge on any atom is -0.359 e. The highest BCUT2D eigenvalue weighted by molar-refractivity contribution is 6.19. The monoisotopic (exact) mass is 816 g/mol. The third-order valence-corrected chi connectivity index (χ3v) is 13.0. The first kappa shape index (κ1) is 36.1. The van der Waals surface area contributed by atoms with Crippen LogP contribution in [0.5, 0.6) is 0 Å². The molecule has 0 saturated carbocycles. The lowest BCUT2D eigenvalue weighted by Crippen LogP contribution is -2.00. The van der Waals surface area contributed by atoms with Crippen LogP contribution in [0.3, 0.4) is 0 Å². The highest BCUT2D eigenvalue weighted by Crippen LogP contribution is 2.44. The van der Waals surface area contributed by atoms with E-state index in [1.165, 1.54) is 65.5 Å². The fraction of sp³-hybridized carbons (Fsp3) is 0. The fourth-order valence-corrected chi connectivity index (χ4v) is 10.3. The molecule has 0 atom stereocenters. The summed E-state index contributed by atoms with van der Waals surface area (Å²) < 4.78 is 7.30. The molecule has 0 saturated heterocycles. The Balaban J connectivity index is 1.00. The Morgan fingerprint density at radius 3 is 1.53 bits per heavy atom. The van der Waals surface area contributed by atoms with Gasteiger partial charge in [-0.1, -0.05) is 158 Å². The Kier molecular flexibility index (Phi) is 8.18. The molecule has 0 spiro atoms. The zero-order chi connectivity index (χ0) is 42.1. The van der Waals surface area contributed by atoms with E-state index in [0.29, 0.717) is 0 Å². The second-order valence-corrected chi connectivity index (χ2v) is 16.6. The Morgan fingerprint density at radius 2 is 0.844 bits per heavy atom. The van der Waals surface area contributed by atoms with Gasteiger partial charge in [0.2, 0.25) is 0 Å². The lowest BCUT2D eigenvalue weighted by molar-refractivity contribution is 1.17. The van der Waals surface area contributed by atoms with Crippen LogP contribution >= 0.6 is 0 Å². The average molecular weight is 817 g/mol. The molecule has 4 heterocycles. The van der Waals surface area contributed by atoms with Gasteiger partial charge in [-0.15, -0.1) is 0 Å². The van der Waals surface area contributed by atoms with Crippen LogP contribution in [0.15, 0.2) is 231 Å². The number of nitrogens with zero attached hydrogens (tertiary/aromatic N) is 3. The first-order valence-electron chi connectivity index (χ1n) is 21.9.